The predicted octanol–water partition coefficient (Wildman–Crippen LogP) is 5.96. The number of nitriles is 1. The highest BCUT2D eigenvalue weighted by Gasteiger charge is 2.39. The van der Waals surface area contributed by atoms with Crippen molar-refractivity contribution in [2.45, 2.75) is 52.6 Å². The lowest BCUT2D eigenvalue weighted by Crippen LogP contribution is -2.51. The van der Waals surface area contributed by atoms with Gasteiger partial charge in [-0.15, -0.1) is 0 Å². The van der Waals surface area contributed by atoms with Gasteiger partial charge in [0.15, 0.2) is 11.6 Å². The maximum atomic E-state index is 14.3. The zero-order chi connectivity index (χ0) is 38.3. The van der Waals surface area contributed by atoms with E-state index in [2.05, 4.69) is 43.3 Å². The molecule has 0 saturated carbocycles. The van der Waals surface area contributed by atoms with Gasteiger partial charge in [0.2, 0.25) is 17.7 Å². The van der Waals surface area contributed by atoms with Gasteiger partial charge in [-0.3, -0.25) is 19.2 Å². The molecule has 3 aromatic carbocycles. The second kappa shape index (κ2) is 16.5. The molecule has 10 nitrogen and oxygen atoms in total. The summed E-state index contributed by atoms with van der Waals surface area (Å²) in [6.45, 7) is 8.18. The molecule has 0 spiro atoms. The smallest absolute Gasteiger partial charge is 0.268 e. The average Bonchev–Trinajstić information content (AvgIpc) is 3.74. The van der Waals surface area contributed by atoms with Crippen molar-refractivity contribution in [3.05, 3.63) is 101 Å². The van der Waals surface area contributed by atoms with Gasteiger partial charge >= 0.3 is 0 Å². The molecular formula is C38H40F4N6O4. The SMILES string of the molecule is CC(C)(C)C.CN(CC(=O)N1CC(C(=O)Nc2ccccc2)CC1C#N)C(=O)C(Cc1ccc(F)cc1)NC(=O)c1cc2c(F)cc(F)c(F)c2[nH]1. The minimum Gasteiger partial charge on any atom is -0.348 e. The lowest BCUT2D eigenvalue weighted by Gasteiger charge is -2.27. The number of hydrogen-bond acceptors (Lipinski definition) is 5. The molecular weight excluding hydrogens is 680 g/mol. The van der Waals surface area contributed by atoms with E-state index in [1.165, 1.54) is 24.1 Å². The molecule has 1 aromatic heterocycles. The molecule has 1 fully saturated rings. The Morgan fingerprint density at radius 1 is 0.981 bits per heavy atom. The molecule has 1 aliphatic rings. The number of rotatable bonds is 9. The van der Waals surface area contributed by atoms with Gasteiger partial charge in [-0.05, 0) is 47.7 Å². The number of amides is 4. The summed E-state index contributed by atoms with van der Waals surface area (Å²) in [5.74, 6) is -7.85. The van der Waals surface area contributed by atoms with Crippen molar-refractivity contribution in [1.82, 2.24) is 20.1 Å². The molecule has 1 saturated heterocycles. The number of likely N-dealkylation sites (N-methyl/N-ethyl adjacent to an activating group) is 1. The van der Waals surface area contributed by atoms with Crippen molar-refractivity contribution >= 4 is 40.2 Å². The summed E-state index contributed by atoms with van der Waals surface area (Å²) >= 11 is 0. The van der Waals surface area contributed by atoms with Crippen molar-refractivity contribution < 1.29 is 36.7 Å². The van der Waals surface area contributed by atoms with Crippen molar-refractivity contribution in [1.29, 1.82) is 5.26 Å². The van der Waals surface area contributed by atoms with Crippen LogP contribution in [0.15, 0.2) is 66.7 Å². The van der Waals surface area contributed by atoms with Crippen molar-refractivity contribution in [2.24, 2.45) is 11.3 Å². The molecule has 0 bridgehead atoms. The van der Waals surface area contributed by atoms with Crippen LogP contribution in [0.25, 0.3) is 10.9 Å². The Balaban J connectivity index is 0.00000113. The van der Waals surface area contributed by atoms with Crippen LogP contribution >= 0.6 is 0 Å². The molecule has 4 amide bonds. The van der Waals surface area contributed by atoms with E-state index in [4.69, 9.17) is 0 Å². The fourth-order valence-electron chi connectivity index (χ4n) is 5.43. The highest BCUT2D eigenvalue weighted by Crippen LogP contribution is 2.26. The first-order chi connectivity index (χ1) is 24.4. The van der Waals surface area contributed by atoms with E-state index in [1.54, 1.807) is 30.3 Å². The van der Waals surface area contributed by atoms with Crippen LogP contribution in [0.3, 0.4) is 0 Å². The number of aromatic amines is 1. The number of H-pyrrole nitrogens is 1. The van der Waals surface area contributed by atoms with Crippen molar-refractivity contribution in [3.8, 4) is 6.07 Å². The van der Waals surface area contributed by atoms with Crippen LogP contribution in [0, 0.1) is 45.9 Å². The molecule has 5 rings (SSSR count). The van der Waals surface area contributed by atoms with Crippen LogP contribution in [0.1, 0.15) is 50.2 Å². The van der Waals surface area contributed by atoms with Crippen LogP contribution in [0.5, 0.6) is 0 Å². The Hall–Kier alpha value is -5.71. The second-order valence-corrected chi connectivity index (χ2v) is 14.2. The van der Waals surface area contributed by atoms with Crippen molar-refractivity contribution in [3.63, 3.8) is 0 Å². The number of benzene rings is 3. The van der Waals surface area contributed by atoms with E-state index in [1.807, 2.05) is 6.07 Å². The Morgan fingerprint density at radius 2 is 1.62 bits per heavy atom. The normalized spacial score (nSPS) is 16.0. The Labute approximate surface area is 298 Å². The standard InChI is InChI=1S/C33H28F4N6O4.C5H12/c1-42(17-28(44)43-16-19(12-22(43)15-38)31(45)39-21-5-3-2-4-6-21)33(47)27(11-18-7-9-20(34)10-8-18)41-32(46)26-13-23-24(35)14-25(36)29(37)30(23)40-26;1-5(2,3)4/h2-10,13-14,19,22,27,40H,11-12,16-17H2,1H3,(H,39,45)(H,41,46);1-4H3. The topological polar surface area (TPSA) is 138 Å². The number of aromatic nitrogens is 1. The van der Waals surface area contributed by atoms with Gasteiger partial charge in [0.1, 0.15) is 29.4 Å². The van der Waals surface area contributed by atoms with E-state index < -0.39 is 71.1 Å². The first-order valence-electron chi connectivity index (χ1n) is 16.5. The van der Waals surface area contributed by atoms with Crippen LogP contribution in [0.4, 0.5) is 23.2 Å². The minimum absolute atomic E-state index is 0.0540. The molecule has 3 atom stereocenters. The summed E-state index contributed by atoms with van der Waals surface area (Å²) in [6, 6.07) is 14.9. The monoisotopic (exact) mass is 720 g/mol. The summed E-state index contributed by atoms with van der Waals surface area (Å²) in [4.78, 5) is 57.6. The number of carbonyl (C=O) groups excluding carboxylic acids is 4. The van der Waals surface area contributed by atoms with Gasteiger partial charge in [-0.25, -0.2) is 17.6 Å². The molecule has 52 heavy (non-hydrogen) atoms. The molecule has 274 valence electrons. The summed E-state index contributed by atoms with van der Waals surface area (Å²) in [7, 11) is 1.30. The second-order valence-electron chi connectivity index (χ2n) is 14.2. The molecule has 1 aliphatic heterocycles. The molecule has 3 N–H and O–H groups in total. The number of nitrogens with zero attached hydrogens (tertiary/aromatic N) is 3. The Bertz CT molecular complexity index is 1970. The molecule has 4 aromatic rings. The lowest BCUT2D eigenvalue weighted by molar-refractivity contribution is -0.140. The Kier molecular flexibility index (Phi) is 12.4. The number of likely N-dealkylation sites (tertiary alicyclic amines) is 1. The van der Waals surface area contributed by atoms with Crippen LogP contribution < -0.4 is 10.6 Å². The molecule has 14 heteroatoms. The predicted molar refractivity (Wildman–Crippen MR) is 187 cm³/mol. The first-order valence-corrected chi connectivity index (χ1v) is 16.5. The van der Waals surface area contributed by atoms with E-state index in [-0.39, 0.29) is 36.4 Å². The van der Waals surface area contributed by atoms with Crippen LogP contribution in [-0.4, -0.2) is 70.6 Å². The van der Waals surface area contributed by atoms with Gasteiger partial charge in [0.25, 0.3) is 5.91 Å². The summed E-state index contributed by atoms with van der Waals surface area (Å²) < 4.78 is 55.8. The fraction of sp³-hybridized carbons (Fsp3) is 0.342. The zero-order valence-corrected chi connectivity index (χ0v) is 29.4. The van der Waals surface area contributed by atoms with Gasteiger partial charge in [-0.2, -0.15) is 5.26 Å². The number of hydrogen-bond donors (Lipinski definition) is 3. The summed E-state index contributed by atoms with van der Waals surface area (Å²) in [6.07, 6.45) is -0.0648. The minimum atomic E-state index is -1.46. The maximum absolute atomic E-state index is 14.3. The Morgan fingerprint density at radius 3 is 2.23 bits per heavy atom. The lowest BCUT2D eigenvalue weighted by atomic mass is 10.0. The van der Waals surface area contributed by atoms with Crippen LogP contribution in [-0.2, 0) is 20.8 Å². The highest BCUT2D eigenvalue weighted by molar-refractivity contribution is 6.01. The number of halogens is 4. The largest absolute Gasteiger partial charge is 0.348 e. The quantitative estimate of drug-likeness (QED) is 0.145. The van der Waals surface area contributed by atoms with Gasteiger partial charge in [0, 0.05) is 37.2 Å². The van der Waals surface area contributed by atoms with Crippen molar-refractivity contribution in [2.75, 3.05) is 25.5 Å². The fourth-order valence-corrected chi connectivity index (χ4v) is 5.43. The van der Waals surface area contributed by atoms with E-state index in [0.29, 0.717) is 22.7 Å². The third kappa shape index (κ3) is 10.2. The number of carbonyl (C=O) groups is 4. The number of fused-ring (bicyclic) bond motifs is 1. The molecule has 0 aliphatic carbocycles. The van der Waals surface area contributed by atoms with Crippen LogP contribution in [0.2, 0.25) is 0 Å². The maximum Gasteiger partial charge on any atom is 0.268 e. The van der Waals surface area contributed by atoms with Gasteiger partial charge in [0.05, 0.1) is 24.0 Å². The molecule has 3 unspecified atom stereocenters. The third-order valence-electron chi connectivity index (χ3n) is 7.89. The van der Waals surface area contributed by atoms with Gasteiger partial charge in [-0.1, -0.05) is 58.0 Å². The molecule has 2 heterocycles. The zero-order valence-electron chi connectivity index (χ0n) is 29.4. The average molecular weight is 721 g/mol. The number of para-hydroxylation sites is 1. The summed E-state index contributed by atoms with van der Waals surface area (Å²) in [5.41, 5.74) is 0.556. The van der Waals surface area contributed by atoms with E-state index >= 15 is 0 Å². The summed E-state index contributed by atoms with van der Waals surface area (Å²) in [5, 5.41) is 14.6. The number of nitrogens with one attached hydrogen (secondary N) is 3. The number of anilines is 1. The van der Waals surface area contributed by atoms with Gasteiger partial charge < -0.3 is 25.4 Å². The van der Waals surface area contributed by atoms with E-state index in [0.717, 1.165) is 23.1 Å². The molecule has 0 radical (unpaired) electrons. The highest BCUT2D eigenvalue weighted by atomic mass is 19.2. The first kappa shape index (κ1) is 39.1. The van der Waals surface area contributed by atoms with E-state index in [9.17, 15) is 42.0 Å². The third-order valence-corrected chi connectivity index (χ3v) is 7.89.